The van der Waals surface area contributed by atoms with E-state index >= 15 is 0 Å². The van der Waals surface area contributed by atoms with Crippen LogP contribution in [-0.4, -0.2) is 71.1 Å². The van der Waals surface area contributed by atoms with Gasteiger partial charge >= 0.3 is 11.9 Å². The highest BCUT2D eigenvalue weighted by molar-refractivity contribution is 5.94. The summed E-state index contributed by atoms with van der Waals surface area (Å²) in [5.74, 6) is -4.69. The minimum atomic E-state index is -1.45. The summed E-state index contributed by atoms with van der Waals surface area (Å²) in [4.78, 5) is 57.1. The summed E-state index contributed by atoms with van der Waals surface area (Å²) in [5, 5.41) is 27.2. The van der Waals surface area contributed by atoms with Crippen molar-refractivity contribution in [1.82, 2.24) is 21.3 Å². The van der Waals surface area contributed by atoms with Gasteiger partial charge in [-0.3, -0.25) is 24.0 Å². The Kier molecular flexibility index (Phi) is 7.79. The first kappa shape index (κ1) is 20.4. The summed E-state index contributed by atoms with van der Waals surface area (Å²) >= 11 is 0. The molecule has 1 rings (SSSR count). The van der Waals surface area contributed by atoms with Crippen molar-refractivity contribution in [2.75, 3.05) is 13.1 Å². The van der Waals surface area contributed by atoms with E-state index in [4.69, 9.17) is 10.2 Å². The van der Waals surface area contributed by atoms with E-state index in [-0.39, 0.29) is 11.9 Å². The molecule has 140 valence electrons. The molecule has 1 fully saturated rings. The van der Waals surface area contributed by atoms with Gasteiger partial charge in [0.15, 0.2) is 0 Å². The second-order valence-corrected chi connectivity index (χ2v) is 5.65. The SMILES string of the molecule is CC(NC(=O)C(CC(=O)O)NC(=O)CNC(=O)C1CCCN1)C(=O)O. The fourth-order valence-corrected chi connectivity index (χ4v) is 2.20. The van der Waals surface area contributed by atoms with Crippen LogP contribution >= 0.6 is 0 Å². The molecule has 0 radical (unpaired) electrons. The van der Waals surface area contributed by atoms with Crippen LogP contribution in [0.25, 0.3) is 0 Å². The second-order valence-electron chi connectivity index (χ2n) is 5.65. The molecule has 3 amide bonds. The quantitative estimate of drug-likeness (QED) is 0.260. The Morgan fingerprint density at radius 3 is 2.36 bits per heavy atom. The second kappa shape index (κ2) is 9.57. The van der Waals surface area contributed by atoms with Crippen LogP contribution < -0.4 is 21.3 Å². The van der Waals surface area contributed by atoms with Gasteiger partial charge in [0.1, 0.15) is 12.1 Å². The minimum absolute atomic E-state index is 0.355. The van der Waals surface area contributed by atoms with E-state index in [2.05, 4.69) is 21.3 Å². The third-order valence-corrected chi connectivity index (χ3v) is 3.56. The first-order valence-electron chi connectivity index (χ1n) is 7.76. The highest BCUT2D eigenvalue weighted by atomic mass is 16.4. The molecule has 0 saturated carbocycles. The van der Waals surface area contributed by atoms with E-state index in [0.29, 0.717) is 13.0 Å². The third kappa shape index (κ3) is 7.16. The zero-order chi connectivity index (χ0) is 19.0. The standard InChI is InChI=1S/C14H22N4O7/c1-7(14(24)25)17-13(23)9(5-11(20)21)18-10(19)6-16-12(22)8-3-2-4-15-8/h7-9,15H,2-6H2,1H3,(H,16,22)(H,17,23)(H,18,19)(H,20,21)(H,24,25). The highest BCUT2D eigenvalue weighted by Crippen LogP contribution is 2.04. The van der Waals surface area contributed by atoms with E-state index in [1.165, 1.54) is 6.92 Å². The molecule has 0 aromatic rings. The first-order chi connectivity index (χ1) is 11.7. The zero-order valence-electron chi connectivity index (χ0n) is 13.7. The molecule has 0 spiro atoms. The molecule has 0 aliphatic carbocycles. The average molecular weight is 358 g/mol. The summed E-state index contributed by atoms with van der Waals surface area (Å²) in [6.45, 7) is 1.50. The van der Waals surface area contributed by atoms with Crippen LogP contribution in [0.3, 0.4) is 0 Å². The average Bonchev–Trinajstić information content (AvgIpc) is 3.05. The van der Waals surface area contributed by atoms with Crippen LogP contribution in [0.4, 0.5) is 0 Å². The lowest BCUT2D eigenvalue weighted by molar-refractivity contribution is -0.143. The van der Waals surface area contributed by atoms with Crippen LogP contribution in [0, 0.1) is 0 Å². The fraction of sp³-hybridized carbons (Fsp3) is 0.643. The molecular weight excluding hydrogens is 336 g/mol. The summed E-state index contributed by atoms with van der Waals surface area (Å²) < 4.78 is 0. The maximum atomic E-state index is 11.9. The van der Waals surface area contributed by atoms with Crippen molar-refractivity contribution in [3.8, 4) is 0 Å². The van der Waals surface area contributed by atoms with Gasteiger partial charge in [-0.05, 0) is 26.3 Å². The Morgan fingerprint density at radius 2 is 1.84 bits per heavy atom. The molecule has 1 aliphatic heterocycles. The smallest absolute Gasteiger partial charge is 0.325 e. The summed E-state index contributed by atoms with van der Waals surface area (Å²) in [6, 6.07) is -3.07. The van der Waals surface area contributed by atoms with Crippen molar-refractivity contribution >= 4 is 29.7 Å². The van der Waals surface area contributed by atoms with Crippen LogP contribution in [0.15, 0.2) is 0 Å². The van der Waals surface area contributed by atoms with Gasteiger partial charge in [-0.1, -0.05) is 0 Å². The normalized spacial score (nSPS) is 18.7. The van der Waals surface area contributed by atoms with E-state index < -0.39 is 48.8 Å². The number of aliphatic carboxylic acids is 2. The van der Waals surface area contributed by atoms with Gasteiger partial charge in [0.25, 0.3) is 0 Å². The monoisotopic (exact) mass is 358 g/mol. The number of carbonyl (C=O) groups is 5. The third-order valence-electron chi connectivity index (χ3n) is 3.56. The molecule has 6 N–H and O–H groups in total. The maximum Gasteiger partial charge on any atom is 0.325 e. The van der Waals surface area contributed by atoms with Crippen molar-refractivity contribution in [3.63, 3.8) is 0 Å². The molecule has 0 bridgehead atoms. The summed E-state index contributed by atoms with van der Waals surface area (Å²) in [6.07, 6.45) is 0.791. The topological polar surface area (TPSA) is 174 Å². The van der Waals surface area contributed by atoms with Crippen LogP contribution in [0.1, 0.15) is 26.2 Å². The number of hydrogen-bond donors (Lipinski definition) is 6. The van der Waals surface area contributed by atoms with Gasteiger partial charge in [0.2, 0.25) is 17.7 Å². The van der Waals surface area contributed by atoms with E-state index in [1.54, 1.807) is 0 Å². The number of carboxylic acids is 2. The molecule has 1 heterocycles. The predicted molar refractivity (Wildman–Crippen MR) is 83.5 cm³/mol. The van der Waals surface area contributed by atoms with Crippen LogP contribution in [-0.2, 0) is 24.0 Å². The van der Waals surface area contributed by atoms with E-state index in [1.807, 2.05) is 0 Å². The van der Waals surface area contributed by atoms with E-state index in [0.717, 1.165) is 6.42 Å². The van der Waals surface area contributed by atoms with Crippen molar-refractivity contribution < 1.29 is 34.2 Å². The molecule has 11 nitrogen and oxygen atoms in total. The van der Waals surface area contributed by atoms with Crippen molar-refractivity contribution in [3.05, 3.63) is 0 Å². The van der Waals surface area contributed by atoms with Gasteiger partial charge in [-0.2, -0.15) is 0 Å². The van der Waals surface area contributed by atoms with Crippen molar-refractivity contribution in [2.24, 2.45) is 0 Å². The van der Waals surface area contributed by atoms with Crippen LogP contribution in [0.5, 0.6) is 0 Å². The zero-order valence-corrected chi connectivity index (χ0v) is 13.7. The maximum absolute atomic E-state index is 11.9. The number of carbonyl (C=O) groups excluding carboxylic acids is 3. The highest BCUT2D eigenvalue weighted by Gasteiger charge is 2.27. The molecular formula is C14H22N4O7. The van der Waals surface area contributed by atoms with Gasteiger partial charge in [-0.25, -0.2) is 0 Å². The fourth-order valence-electron chi connectivity index (χ4n) is 2.20. The van der Waals surface area contributed by atoms with E-state index in [9.17, 15) is 24.0 Å². The molecule has 1 saturated heterocycles. The number of amides is 3. The molecule has 25 heavy (non-hydrogen) atoms. The van der Waals surface area contributed by atoms with Gasteiger partial charge < -0.3 is 31.5 Å². The largest absolute Gasteiger partial charge is 0.481 e. The predicted octanol–water partition coefficient (Wildman–Crippen LogP) is -2.60. The summed E-state index contributed by atoms with van der Waals surface area (Å²) in [5.41, 5.74) is 0. The Balaban J connectivity index is 2.53. The number of hydrogen-bond acceptors (Lipinski definition) is 6. The first-order valence-corrected chi connectivity index (χ1v) is 7.76. The Bertz CT molecular complexity index is 545. The number of rotatable bonds is 9. The molecule has 11 heteroatoms. The Labute approximate surface area is 143 Å². The minimum Gasteiger partial charge on any atom is -0.481 e. The lowest BCUT2D eigenvalue weighted by Gasteiger charge is -2.19. The number of carboxylic acid groups (broad SMARTS) is 2. The van der Waals surface area contributed by atoms with Gasteiger partial charge in [0.05, 0.1) is 19.0 Å². The molecule has 1 aliphatic rings. The molecule has 0 aromatic heterocycles. The Hall–Kier alpha value is -2.69. The van der Waals surface area contributed by atoms with Gasteiger partial charge in [-0.15, -0.1) is 0 Å². The Morgan fingerprint density at radius 1 is 1.16 bits per heavy atom. The summed E-state index contributed by atoms with van der Waals surface area (Å²) in [7, 11) is 0. The molecule has 3 atom stereocenters. The lowest BCUT2D eigenvalue weighted by Crippen LogP contribution is -2.53. The molecule has 0 aromatic carbocycles. The lowest BCUT2D eigenvalue weighted by atomic mass is 10.1. The number of nitrogens with one attached hydrogen (secondary N) is 4. The molecule has 3 unspecified atom stereocenters. The van der Waals surface area contributed by atoms with Gasteiger partial charge in [0, 0.05) is 0 Å². The van der Waals surface area contributed by atoms with Crippen molar-refractivity contribution in [1.29, 1.82) is 0 Å². The van der Waals surface area contributed by atoms with Crippen molar-refractivity contribution in [2.45, 2.75) is 44.3 Å². The van der Waals surface area contributed by atoms with Crippen LogP contribution in [0.2, 0.25) is 0 Å².